The highest BCUT2D eigenvalue weighted by atomic mass is 32.2. The second kappa shape index (κ2) is 9.06. The van der Waals surface area contributed by atoms with E-state index >= 15 is 0 Å². The molecule has 1 amide bonds. The van der Waals surface area contributed by atoms with Gasteiger partial charge in [-0.3, -0.25) is 9.59 Å². The number of aliphatic imine (C=N–C) groups is 1. The zero-order valence-electron chi connectivity index (χ0n) is 17.0. The minimum absolute atomic E-state index is 0.0170. The van der Waals surface area contributed by atoms with Gasteiger partial charge in [0.15, 0.2) is 11.0 Å². The first kappa shape index (κ1) is 20.7. The highest BCUT2D eigenvalue weighted by molar-refractivity contribution is 8.18. The van der Waals surface area contributed by atoms with E-state index in [1.807, 2.05) is 49.4 Å². The maximum Gasteiger partial charge on any atom is 0.264 e. The van der Waals surface area contributed by atoms with E-state index < -0.39 is 0 Å². The number of amidine groups is 1. The zero-order valence-corrected chi connectivity index (χ0v) is 17.9. The molecule has 6 nitrogen and oxygen atoms in total. The molecule has 7 heteroatoms. The van der Waals surface area contributed by atoms with Crippen LogP contribution in [0.2, 0.25) is 0 Å². The van der Waals surface area contributed by atoms with Gasteiger partial charge in [0.05, 0.1) is 17.2 Å². The van der Waals surface area contributed by atoms with Crippen molar-refractivity contribution in [2.24, 2.45) is 4.99 Å². The van der Waals surface area contributed by atoms with Crippen LogP contribution in [0.25, 0.3) is 17.4 Å². The molecular formula is C24H20N2O4S. The Morgan fingerprint density at radius 1 is 1.10 bits per heavy atom. The summed E-state index contributed by atoms with van der Waals surface area (Å²) >= 11 is 1.25. The summed E-state index contributed by atoms with van der Waals surface area (Å²) in [5, 5.41) is 3.28. The molecule has 0 atom stereocenters. The number of ether oxygens (including phenoxy) is 1. The van der Waals surface area contributed by atoms with Gasteiger partial charge >= 0.3 is 0 Å². The number of hydrogen-bond donors (Lipinski definition) is 1. The van der Waals surface area contributed by atoms with E-state index in [0.29, 0.717) is 33.8 Å². The van der Waals surface area contributed by atoms with Crippen LogP contribution in [0.4, 0.5) is 5.69 Å². The third-order valence-corrected chi connectivity index (χ3v) is 5.42. The Kier molecular flexibility index (Phi) is 6.04. The minimum atomic E-state index is -0.224. The van der Waals surface area contributed by atoms with Gasteiger partial charge in [-0.05, 0) is 62.0 Å². The van der Waals surface area contributed by atoms with Gasteiger partial charge in [0, 0.05) is 17.2 Å². The van der Waals surface area contributed by atoms with Crippen LogP contribution in [-0.4, -0.2) is 23.5 Å². The van der Waals surface area contributed by atoms with Crippen molar-refractivity contribution in [1.29, 1.82) is 0 Å². The molecule has 156 valence electrons. The van der Waals surface area contributed by atoms with Gasteiger partial charge in [0.2, 0.25) is 0 Å². The molecule has 0 unspecified atom stereocenters. The van der Waals surface area contributed by atoms with Gasteiger partial charge in [0.25, 0.3) is 5.91 Å². The Labute approximate surface area is 184 Å². The smallest absolute Gasteiger partial charge is 0.264 e. The summed E-state index contributed by atoms with van der Waals surface area (Å²) in [5.41, 5.74) is 2.23. The number of thioether (sulfide) groups is 1. The number of nitrogens with zero attached hydrogens (tertiary/aromatic N) is 1. The van der Waals surface area contributed by atoms with Crippen molar-refractivity contribution in [3.63, 3.8) is 0 Å². The predicted octanol–water partition coefficient (Wildman–Crippen LogP) is 5.44. The number of ketones is 1. The van der Waals surface area contributed by atoms with Crippen molar-refractivity contribution in [3.8, 4) is 17.1 Å². The van der Waals surface area contributed by atoms with Crippen LogP contribution in [0.3, 0.4) is 0 Å². The first-order valence-electron chi connectivity index (χ1n) is 9.75. The average molecular weight is 433 g/mol. The highest BCUT2D eigenvalue weighted by Crippen LogP contribution is 2.30. The summed E-state index contributed by atoms with van der Waals surface area (Å²) in [6.45, 7) is 4.06. The second-order valence-corrected chi connectivity index (χ2v) is 7.77. The van der Waals surface area contributed by atoms with E-state index in [0.717, 1.165) is 17.0 Å². The lowest BCUT2D eigenvalue weighted by atomic mass is 10.1. The average Bonchev–Trinajstić information content (AvgIpc) is 3.36. The van der Waals surface area contributed by atoms with Gasteiger partial charge in [0.1, 0.15) is 17.3 Å². The van der Waals surface area contributed by atoms with Gasteiger partial charge in [-0.1, -0.05) is 24.3 Å². The Morgan fingerprint density at radius 3 is 2.52 bits per heavy atom. The third-order valence-electron chi connectivity index (χ3n) is 4.51. The number of benzene rings is 2. The first-order chi connectivity index (χ1) is 15.0. The Morgan fingerprint density at radius 2 is 1.84 bits per heavy atom. The maximum atomic E-state index is 12.3. The Balaban J connectivity index is 1.48. The molecule has 1 aliphatic rings. The van der Waals surface area contributed by atoms with Crippen molar-refractivity contribution in [2.45, 2.75) is 13.8 Å². The SMILES string of the molecule is CCOc1ccc(N=C2NC(=O)/C(=C\c3ccc(-c4ccc(C(C)=O)cc4)o3)S2)cc1. The van der Waals surface area contributed by atoms with E-state index in [2.05, 4.69) is 10.3 Å². The van der Waals surface area contributed by atoms with Crippen LogP contribution >= 0.6 is 11.8 Å². The zero-order chi connectivity index (χ0) is 21.8. The fourth-order valence-corrected chi connectivity index (χ4v) is 3.79. The quantitative estimate of drug-likeness (QED) is 0.414. The molecule has 4 rings (SSSR count). The van der Waals surface area contributed by atoms with E-state index in [9.17, 15) is 9.59 Å². The molecule has 31 heavy (non-hydrogen) atoms. The molecule has 1 N–H and O–H groups in total. The van der Waals surface area contributed by atoms with Crippen LogP contribution in [0.1, 0.15) is 30.0 Å². The molecule has 1 aromatic heterocycles. The fourth-order valence-electron chi connectivity index (χ4n) is 2.97. The standard InChI is InChI=1S/C24H20N2O4S/c1-3-29-19-10-8-18(9-11-19)25-24-26-23(28)22(31-24)14-20-12-13-21(30-20)17-6-4-16(5-7-17)15(2)27/h4-14H,3H2,1-2H3,(H,25,26,28)/b22-14+. The number of amides is 1. The summed E-state index contributed by atoms with van der Waals surface area (Å²) in [4.78, 5) is 28.7. The van der Waals surface area contributed by atoms with Crippen LogP contribution in [0.15, 0.2) is 75.0 Å². The number of rotatable bonds is 6. The number of Topliss-reactive ketones (excluding diaryl/α,β-unsaturated/α-hetero) is 1. The van der Waals surface area contributed by atoms with Gasteiger partial charge < -0.3 is 14.5 Å². The summed E-state index contributed by atoms with van der Waals surface area (Å²) in [6, 6.07) is 18.2. The van der Waals surface area contributed by atoms with Gasteiger partial charge in [-0.15, -0.1) is 0 Å². The van der Waals surface area contributed by atoms with E-state index in [4.69, 9.17) is 9.15 Å². The lowest BCUT2D eigenvalue weighted by molar-refractivity contribution is -0.115. The lowest BCUT2D eigenvalue weighted by Crippen LogP contribution is -2.19. The molecule has 0 spiro atoms. The molecule has 2 aromatic carbocycles. The van der Waals surface area contributed by atoms with E-state index in [1.54, 1.807) is 24.3 Å². The molecular weight excluding hydrogens is 412 g/mol. The van der Waals surface area contributed by atoms with E-state index in [-0.39, 0.29) is 11.7 Å². The third kappa shape index (κ3) is 4.95. The monoisotopic (exact) mass is 432 g/mol. The number of nitrogens with one attached hydrogen (secondary N) is 1. The topological polar surface area (TPSA) is 80.9 Å². The summed E-state index contributed by atoms with van der Waals surface area (Å²) in [6.07, 6.45) is 1.69. The minimum Gasteiger partial charge on any atom is -0.494 e. The summed E-state index contributed by atoms with van der Waals surface area (Å²) < 4.78 is 11.3. The molecule has 2 heterocycles. The fraction of sp³-hybridized carbons (Fsp3) is 0.125. The van der Waals surface area contributed by atoms with Crippen molar-refractivity contribution in [1.82, 2.24) is 5.32 Å². The molecule has 0 radical (unpaired) electrons. The largest absolute Gasteiger partial charge is 0.494 e. The molecule has 0 saturated carbocycles. The Hall–Kier alpha value is -3.58. The molecule has 0 aliphatic carbocycles. The van der Waals surface area contributed by atoms with Crippen LogP contribution in [0.5, 0.6) is 5.75 Å². The van der Waals surface area contributed by atoms with Crippen LogP contribution in [0, 0.1) is 0 Å². The summed E-state index contributed by atoms with van der Waals surface area (Å²) in [5.74, 6) is 1.79. The number of carbonyl (C=O) groups excluding carboxylic acids is 2. The van der Waals surface area contributed by atoms with E-state index in [1.165, 1.54) is 18.7 Å². The number of hydrogen-bond acceptors (Lipinski definition) is 6. The predicted molar refractivity (Wildman–Crippen MR) is 123 cm³/mol. The maximum absolute atomic E-state index is 12.3. The number of furan rings is 1. The first-order valence-corrected chi connectivity index (χ1v) is 10.6. The van der Waals surface area contributed by atoms with Crippen molar-refractivity contribution >= 4 is 40.4 Å². The molecule has 1 saturated heterocycles. The van der Waals surface area contributed by atoms with Gasteiger partial charge in [-0.25, -0.2) is 4.99 Å². The lowest BCUT2D eigenvalue weighted by Gasteiger charge is -2.02. The summed E-state index contributed by atoms with van der Waals surface area (Å²) in [7, 11) is 0. The van der Waals surface area contributed by atoms with Crippen LogP contribution < -0.4 is 10.1 Å². The van der Waals surface area contributed by atoms with Crippen molar-refractivity contribution in [3.05, 3.63) is 76.9 Å². The normalized spacial score (nSPS) is 16.0. The molecule has 1 fully saturated rings. The number of carbonyl (C=O) groups is 2. The highest BCUT2D eigenvalue weighted by Gasteiger charge is 2.24. The second-order valence-electron chi connectivity index (χ2n) is 6.74. The van der Waals surface area contributed by atoms with Crippen LogP contribution in [-0.2, 0) is 4.79 Å². The van der Waals surface area contributed by atoms with Gasteiger partial charge in [-0.2, -0.15) is 0 Å². The van der Waals surface area contributed by atoms with Crippen molar-refractivity contribution in [2.75, 3.05) is 6.61 Å². The Bertz CT molecular complexity index is 1180. The molecule has 3 aromatic rings. The van der Waals surface area contributed by atoms with Crippen molar-refractivity contribution < 1.29 is 18.7 Å². The molecule has 1 aliphatic heterocycles. The molecule has 0 bridgehead atoms.